The van der Waals surface area contributed by atoms with E-state index in [-0.39, 0.29) is 5.91 Å². The van der Waals surface area contributed by atoms with E-state index in [2.05, 4.69) is 42.9 Å². The number of amides is 1. The fourth-order valence-corrected chi connectivity index (χ4v) is 3.03. The summed E-state index contributed by atoms with van der Waals surface area (Å²) in [6, 6.07) is 16.2. The molecule has 1 amide bonds. The zero-order valence-corrected chi connectivity index (χ0v) is 17.6. The average Bonchev–Trinajstić information content (AvgIpc) is 3.16. The molecule has 2 aromatic carbocycles. The summed E-state index contributed by atoms with van der Waals surface area (Å²) in [5, 5.41) is 2.87. The van der Waals surface area contributed by atoms with Gasteiger partial charge in [-0.25, -0.2) is 15.0 Å². The third-order valence-corrected chi connectivity index (χ3v) is 4.86. The number of nitrogens with zero attached hydrogens (tertiary/aromatic N) is 4. The molecule has 0 aliphatic carbocycles. The zero-order valence-electron chi connectivity index (χ0n) is 15.4. The standard InChI is InChI=1S/C21H16IN5O2/c1-14-23-10-11-27(14)19-12-20(25-13-24-19)29-18-8-6-17(7-9-18)26-21(28)15-2-4-16(22)5-3-15/h2-13H,1H3,(H,26,28). The minimum Gasteiger partial charge on any atom is -0.439 e. The summed E-state index contributed by atoms with van der Waals surface area (Å²) in [5.74, 6) is 2.35. The third kappa shape index (κ3) is 4.60. The van der Waals surface area contributed by atoms with Crippen molar-refractivity contribution in [2.75, 3.05) is 5.32 Å². The van der Waals surface area contributed by atoms with E-state index in [9.17, 15) is 4.79 Å². The van der Waals surface area contributed by atoms with Gasteiger partial charge in [0, 0.05) is 33.3 Å². The summed E-state index contributed by atoms with van der Waals surface area (Å²) in [6.45, 7) is 1.89. The van der Waals surface area contributed by atoms with Crippen molar-refractivity contribution in [2.45, 2.75) is 6.92 Å². The quantitative estimate of drug-likeness (QED) is 0.407. The second-order valence-electron chi connectivity index (χ2n) is 6.15. The van der Waals surface area contributed by atoms with Gasteiger partial charge in [-0.15, -0.1) is 0 Å². The summed E-state index contributed by atoms with van der Waals surface area (Å²) in [7, 11) is 0. The number of ether oxygens (including phenoxy) is 1. The van der Waals surface area contributed by atoms with Crippen molar-refractivity contribution in [1.82, 2.24) is 19.5 Å². The molecule has 29 heavy (non-hydrogen) atoms. The Morgan fingerprint density at radius 1 is 1.03 bits per heavy atom. The van der Waals surface area contributed by atoms with E-state index in [1.54, 1.807) is 48.7 Å². The van der Waals surface area contributed by atoms with E-state index in [0.29, 0.717) is 28.7 Å². The molecule has 0 fully saturated rings. The molecule has 2 aromatic heterocycles. The maximum atomic E-state index is 12.3. The Hall–Kier alpha value is -3.27. The Morgan fingerprint density at radius 2 is 1.79 bits per heavy atom. The zero-order chi connectivity index (χ0) is 20.2. The van der Waals surface area contributed by atoms with Crippen LogP contribution in [0.15, 0.2) is 73.3 Å². The maximum Gasteiger partial charge on any atom is 0.255 e. The van der Waals surface area contributed by atoms with E-state index in [1.807, 2.05) is 29.8 Å². The Balaban J connectivity index is 1.44. The Bertz CT molecular complexity index is 1140. The van der Waals surface area contributed by atoms with Crippen LogP contribution in [0.2, 0.25) is 0 Å². The molecular weight excluding hydrogens is 481 g/mol. The predicted molar refractivity (Wildman–Crippen MR) is 118 cm³/mol. The lowest BCUT2D eigenvalue weighted by Gasteiger charge is -2.09. The summed E-state index contributed by atoms with van der Waals surface area (Å²) in [6.07, 6.45) is 4.98. The minimum atomic E-state index is -0.161. The third-order valence-electron chi connectivity index (χ3n) is 4.14. The molecule has 1 N–H and O–H groups in total. The van der Waals surface area contributed by atoms with Crippen molar-refractivity contribution in [2.24, 2.45) is 0 Å². The molecule has 0 atom stereocenters. The summed E-state index contributed by atoms with van der Waals surface area (Å²) < 4.78 is 8.74. The molecule has 4 rings (SSSR count). The van der Waals surface area contributed by atoms with Gasteiger partial charge in [-0.05, 0) is 78.0 Å². The maximum absolute atomic E-state index is 12.3. The van der Waals surface area contributed by atoms with Gasteiger partial charge in [-0.2, -0.15) is 0 Å². The van der Waals surface area contributed by atoms with Gasteiger partial charge in [0.25, 0.3) is 5.91 Å². The first kappa shape index (κ1) is 19.1. The molecule has 4 aromatic rings. The number of hydrogen-bond acceptors (Lipinski definition) is 5. The second kappa shape index (κ2) is 8.39. The van der Waals surface area contributed by atoms with Crippen molar-refractivity contribution < 1.29 is 9.53 Å². The lowest BCUT2D eigenvalue weighted by atomic mass is 10.2. The molecule has 7 nitrogen and oxygen atoms in total. The van der Waals surface area contributed by atoms with Gasteiger partial charge < -0.3 is 10.1 Å². The molecule has 0 radical (unpaired) electrons. The molecule has 0 unspecified atom stereocenters. The van der Waals surface area contributed by atoms with Crippen molar-refractivity contribution in [3.05, 3.63) is 88.3 Å². The van der Waals surface area contributed by atoms with Crippen LogP contribution in [-0.2, 0) is 0 Å². The lowest BCUT2D eigenvalue weighted by molar-refractivity contribution is 0.102. The first-order valence-electron chi connectivity index (χ1n) is 8.76. The van der Waals surface area contributed by atoms with E-state index >= 15 is 0 Å². The topological polar surface area (TPSA) is 81.9 Å². The van der Waals surface area contributed by atoms with Gasteiger partial charge in [0.1, 0.15) is 23.7 Å². The van der Waals surface area contributed by atoms with E-state index < -0.39 is 0 Å². The van der Waals surface area contributed by atoms with Crippen molar-refractivity contribution in [3.8, 4) is 17.4 Å². The molecule has 0 saturated carbocycles. The molecular formula is C21H16IN5O2. The number of anilines is 1. The van der Waals surface area contributed by atoms with Crippen LogP contribution in [0, 0.1) is 10.5 Å². The van der Waals surface area contributed by atoms with Crippen molar-refractivity contribution in [1.29, 1.82) is 0 Å². The smallest absolute Gasteiger partial charge is 0.255 e. The highest BCUT2D eigenvalue weighted by atomic mass is 127. The summed E-state index contributed by atoms with van der Waals surface area (Å²) >= 11 is 2.20. The number of carbonyl (C=O) groups excluding carboxylic acids is 1. The van der Waals surface area contributed by atoms with E-state index in [0.717, 1.165) is 9.39 Å². The molecule has 0 bridgehead atoms. The van der Waals surface area contributed by atoms with Crippen LogP contribution in [0.25, 0.3) is 5.82 Å². The van der Waals surface area contributed by atoms with Gasteiger partial charge in [0.2, 0.25) is 5.88 Å². The molecule has 2 heterocycles. The van der Waals surface area contributed by atoms with Crippen LogP contribution < -0.4 is 10.1 Å². The molecule has 8 heteroatoms. The molecule has 144 valence electrons. The van der Waals surface area contributed by atoms with E-state index in [1.165, 1.54) is 6.33 Å². The number of nitrogens with one attached hydrogen (secondary N) is 1. The van der Waals surface area contributed by atoms with Crippen LogP contribution in [0.1, 0.15) is 16.2 Å². The minimum absolute atomic E-state index is 0.161. The monoisotopic (exact) mass is 497 g/mol. The van der Waals surface area contributed by atoms with Crippen molar-refractivity contribution in [3.63, 3.8) is 0 Å². The number of carbonyl (C=O) groups is 1. The number of aromatic nitrogens is 4. The van der Waals surface area contributed by atoms with Crippen LogP contribution in [0.5, 0.6) is 11.6 Å². The van der Waals surface area contributed by atoms with Gasteiger partial charge in [0.15, 0.2) is 0 Å². The number of aryl methyl sites for hydroxylation is 1. The fraction of sp³-hybridized carbons (Fsp3) is 0.0476. The Kier molecular flexibility index (Phi) is 5.52. The van der Waals surface area contributed by atoms with Crippen molar-refractivity contribution >= 4 is 34.2 Å². The normalized spacial score (nSPS) is 10.6. The number of hydrogen-bond donors (Lipinski definition) is 1. The average molecular weight is 497 g/mol. The first-order valence-corrected chi connectivity index (χ1v) is 9.83. The van der Waals surface area contributed by atoms with Gasteiger partial charge in [0.05, 0.1) is 0 Å². The number of imidazole rings is 1. The highest BCUT2D eigenvalue weighted by Gasteiger charge is 2.08. The summed E-state index contributed by atoms with van der Waals surface area (Å²) in [4.78, 5) is 24.9. The van der Waals surface area contributed by atoms with Crippen LogP contribution >= 0.6 is 22.6 Å². The lowest BCUT2D eigenvalue weighted by Crippen LogP contribution is -2.11. The molecule has 0 saturated heterocycles. The molecule has 0 spiro atoms. The van der Waals surface area contributed by atoms with Crippen LogP contribution in [-0.4, -0.2) is 25.4 Å². The SMILES string of the molecule is Cc1nccn1-c1cc(Oc2ccc(NC(=O)c3ccc(I)cc3)cc2)ncn1. The number of rotatable bonds is 5. The molecule has 0 aliphatic rings. The first-order chi connectivity index (χ1) is 14.1. The van der Waals surface area contributed by atoms with Gasteiger partial charge in [-0.3, -0.25) is 9.36 Å². The second-order valence-corrected chi connectivity index (χ2v) is 7.39. The number of halogens is 1. The largest absolute Gasteiger partial charge is 0.439 e. The van der Waals surface area contributed by atoms with Crippen LogP contribution in [0.3, 0.4) is 0 Å². The van der Waals surface area contributed by atoms with Crippen LogP contribution in [0.4, 0.5) is 5.69 Å². The fourth-order valence-electron chi connectivity index (χ4n) is 2.67. The Labute approximate surface area is 180 Å². The molecule has 0 aliphatic heterocycles. The predicted octanol–water partition coefficient (Wildman–Crippen LogP) is 4.62. The summed E-state index contributed by atoms with van der Waals surface area (Å²) in [5.41, 5.74) is 1.28. The van der Waals surface area contributed by atoms with E-state index in [4.69, 9.17) is 4.74 Å². The number of benzene rings is 2. The van der Waals surface area contributed by atoms with Gasteiger partial charge in [-0.1, -0.05) is 0 Å². The highest BCUT2D eigenvalue weighted by Crippen LogP contribution is 2.23. The van der Waals surface area contributed by atoms with Gasteiger partial charge >= 0.3 is 0 Å². The Morgan fingerprint density at radius 3 is 2.48 bits per heavy atom. The highest BCUT2D eigenvalue weighted by molar-refractivity contribution is 14.1.